The number of aliphatic carboxylic acids is 1. The summed E-state index contributed by atoms with van der Waals surface area (Å²) in [5.41, 5.74) is 5.90. The fraction of sp³-hybridized carbons (Fsp3) is 0.818. The van der Waals surface area contributed by atoms with Crippen molar-refractivity contribution in [2.75, 3.05) is 13.2 Å². The average molecular weight is 601 g/mol. The van der Waals surface area contributed by atoms with E-state index in [2.05, 4.69) is 5.32 Å². The van der Waals surface area contributed by atoms with Crippen LogP contribution < -0.4 is 11.1 Å². The number of ether oxygens (including phenoxy) is 4. The topological polar surface area (TPSA) is 325 Å². The van der Waals surface area contributed by atoms with Crippen LogP contribution in [0.4, 0.5) is 0 Å². The van der Waals surface area contributed by atoms with Crippen LogP contribution in [0.1, 0.15) is 26.7 Å². The molecule has 41 heavy (non-hydrogen) atoms. The van der Waals surface area contributed by atoms with Gasteiger partial charge in [-0.05, 0) is 0 Å². The minimum atomic E-state index is -3.19. The highest BCUT2D eigenvalue weighted by molar-refractivity contribution is 5.80. The molecular formula is C22H36N2O17. The number of aliphatic hydroxyl groups excluding tert-OH is 7. The van der Waals surface area contributed by atoms with Gasteiger partial charge in [0.15, 0.2) is 6.10 Å². The van der Waals surface area contributed by atoms with Crippen LogP contribution in [-0.2, 0) is 38.1 Å². The minimum Gasteiger partial charge on any atom is -0.476 e. The molecule has 236 valence electrons. The summed E-state index contributed by atoms with van der Waals surface area (Å²) in [6.07, 6.45) is -17.9. The second-order valence-electron chi connectivity index (χ2n) is 9.81. The lowest BCUT2D eigenvalue weighted by Crippen LogP contribution is -2.69. The molecule has 12 atom stereocenters. The fourth-order valence-corrected chi connectivity index (χ4v) is 4.56. The zero-order chi connectivity index (χ0) is 31.4. The van der Waals surface area contributed by atoms with Crippen LogP contribution in [0, 0.1) is 0 Å². The van der Waals surface area contributed by atoms with Gasteiger partial charge >= 0.3 is 23.7 Å². The quantitative estimate of drug-likeness (QED) is 0.0981. The van der Waals surface area contributed by atoms with Crippen molar-refractivity contribution in [3.8, 4) is 0 Å². The van der Waals surface area contributed by atoms with E-state index in [4.69, 9.17) is 24.7 Å². The van der Waals surface area contributed by atoms with Crippen molar-refractivity contribution < 1.29 is 84.1 Å². The molecule has 0 aliphatic carbocycles. The molecule has 2 heterocycles. The first-order valence-corrected chi connectivity index (χ1v) is 12.3. The van der Waals surface area contributed by atoms with E-state index in [0.717, 1.165) is 13.8 Å². The number of hydrogen-bond acceptors (Lipinski definition) is 17. The molecular weight excluding hydrogens is 564 g/mol. The lowest BCUT2D eigenvalue weighted by Gasteiger charge is -2.47. The Kier molecular flexibility index (Phi) is 11.5. The third-order valence-corrected chi connectivity index (χ3v) is 6.59. The van der Waals surface area contributed by atoms with E-state index in [1.165, 1.54) is 0 Å². The molecule has 19 nitrogen and oxygen atoms in total. The van der Waals surface area contributed by atoms with E-state index in [1.807, 2.05) is 0 Å². The minimum absolute atomic E-state index is 0.746. The van der Waals surface area contributed by atoms with E-state index in [9.17, 15) is 65.1 Å². The number of nitrogens with two attached hydrogens (primary N) is 1. The van der Waals surface area contributed by atoms with Gasteiger partial charge in [-0.15, -0.1) is 0 Å². The zero-order valence-corrected chi connectivity index (χ0v) is 22.0. The van der Waals surface area contributed by atoms with Crippen molar-refractivity contribution >= 4 is 23.8 Å². The number of carbonyl (C=O) groups excluding carboxylic acids is 3. The third kappa shape index (κ3) is 7.64. The lowest BCUT2D eigenvalue weighted by atomic mass is 9.88. The van der Waals surface area contributed by atoms with Crippen molar-refractivity contribution in [3.63, 3.8) is 0 Å². The van der Waals surface area contributed by atoms with Gasteiger partial charge in [0.05, 0.1) is 43.9 Å². The van der Waals surface area contributed by atoms with Gasteiger partial charge in [-0.1, -0.05) is 0 Å². The summed E-state index contributed by atoms with van der Waals surface area (Å²) in [4.78, 5) is 48.3. The van der Waals surface area contributed by atoms with Crippen molar-refractivity contribution in [3.05, 3.63) is 0 Å². The van der Waals surface area contributed by atoms with Crippen molar-refractivity contribution in [1.82, 2.24) is 5.32 Å². The van der Waals surface area contributed by atoms with Gasteiger partial charge < -0.3 is 76.0 Å². The molecule has 0 aromatic heterocycles. The summed E-state index contributed by atoms with van der Waals surface area (Å²) in [6.45, 7) is -0.350. The number of hydrogen-bond donors (Lipinski definition) is 11. The first-order chi connectivity index (χ1) is 18.9. The highest BCUT2D eigenvalue weighted by Gasteiger charge is 2.59. The van der Waals surface area contributed by atoms with E-state index in [1.54, 1.807) is 0 Å². The molecule has 2 rings (SSSR count). The Morgan fingerprint density at radius 2 is 1.56 bits per heavy atom. The molecule has 0 radical (unpaired) electrons. The summed E-state index contributed by atoms with van der Waals surface area (Å²) >= 11 is 0. The zero-order valence-electron chi connectivity index (χ0n) is 22.0. The highest BCUT2D eigenvalue weighted by atomic mass is 16.7. The second-order valence-corrected chi connectivity index (χ2v) is 9.81. The first-order valence-electron chi connectivity index (χ1n) is 12.3. The van der Waals surface area contributed by atoms with Crippen LogP contribution in [0.15, 0.2) is 0 Å². The van der Waals surface area contributed by atoms with Gasteiger partial charge in [0, 0.05) is 20.3 Å². The van der Waals surface area contributed by atoms with Crippen molar-refractivity contribution in [2.24, 2.45) is 5.73 Å². The predicted octanol–water partition coefficient (Wildman–Crippen LogP) is -6.87. The van der Waals surface area contributed by atoms with Crippen LogP contribution in [0.3, 0.4) is 0 Å². The third-order valence-electron chi connectivity index (χ3n) is 6.59. The standard InChI is InChI=1S/C22H36N2O17/c1-7(27)24-14-10(30)3-21(37,40-18(14)15(33)11(31)5-25)20(36)38-16(12(32)6-26)17-13(23)9(29)4-22(41-17,19(34)35)39-8(2)28/h9-18,25-26,29-33,37H,3-6,23H2,1-2H3,(H,24,27)(H,34,35)/t9-,10-,11+,12+,13+,14+,15+,16+,17+,18+,21-,22-/m0/s1. The number of aliphatic hydroxyl groups is 8. The summed E-state index contributed by atoms with van der Waals surface area (Å²) in [6, 6.07) is -3.16. The van der Waals surface area contributed by atoms with Crippen LogP contribution in [-0.4, -0.2) is 155 Å². The summed E-state index contributed by atoms with van der Waals surface area (Å²) < 4.78 is 20.4. The number of amides is 1. The van der Waals surface area contributed by atoms with E-state index >= 15 is 0 Å². The van der Waals surface area contributed by atoms with E-state index < -0.39 is 122 Å². The maximum absolute atomic E-state index is 13.2. The monoisotopic (exact) mass is 600 g/mol. The number of rotatable bonds is 11. The molecule has 0 spiro atoms. The molecule has 12 N–H and O–H groups in total. The maximum atomic E-state index is 13.2. The molecule has 0 unspecified atom stereocenters. The average Bonchev–Trinajstić information content (AvgIpc) is 2.88. The largest absolute Gasteiger partial charge is 0.476 e. The van der Waals surface area contributed by atoms with Gasteiger partial charge in [-0.3, -0.25) is 9.59 Å². The Morgan fingerprint density at radius 1 is 0.976 bits per heavy atom. The molecule has 1 amide bonds. The number of esters is 2. The molecule has 0 bridgehead atoms. The Balaban J connectivity index is 2.45. The Bertz CT molecular complexity index is 968. The van der Waals surface area contributed by atoms with E-state index in [-0.39, 0.29) is 0 Å². The molecule has 2 aliphatic heterocycles. The Labute approximate surface area is 232 Å². The molecule has 19 heteroatoms. The highest BCUT2D eigenvalue weighted by Crippen LogP contribution is 2.36. The fourth-order valence-electron chi connectivity index (χ4n) is 4.56. The molecule has 2 saturated heterocycles. The van der Waals surface area contributed by atoms with Crippen molar-refractivity contribution in [1.29, 1.82) is 0 Å². The normalized spacial score (nSPS) is 36.8. The summed E-state index contributed by atoms with van der Waals surface area (Å²) in [7, 11) is 0. The van der Waals surface area contributed by atoms with Crippen LogP contribution in [0.25, 0.3) is 0 Å². The first kappa shape index (κ1) is 34.6. The lowest BCUT2D eigenvalue weighted by molar-refractivity contribution is -0.315. The number of carboxylic acid groups (broad SMARTS) is 1. The predicted molar refractivity (Wildman–Crippen MR) is 126 cm³/mol. The Hall–Kier alpha value is -2.56. The molecule has 0 aromatic rings. The smallest absolute Gasteiger partial charge is 0.377 e. The van der Waals surface area contributed by atoms with Gasteiger partial charge in [0.25, 0.3) is 5.79 Å². The maximum Gasteiger partial charge on any atom is 0.377 e. The second kappa shape index (κ2) is 13.6. The van der Waals surface area contributed by atoms with Gasteiger partial charge in [0.2, 0.25) is 5.91 Å². The summed E-state index contributed by atoms with van der Waals surface area (Å²) in [5.74, 6) is -11.7. The molecule has 0 saturated carbocycles. The van der Waals surface area contributed by atoms with Gasteiger partial charge in [-0.2, -0.15) is 0 Å². The van der Waals surface area contributed by atoms with E-state index in [0.29, 0.717) is 0 Å². The van der Waals surface area contributed by atoms with Crippen LogP contribution >= 0.6 is 0 Å². The van der Waals surface area contributed by atoms with Crippen LogP contribution in [0.2, 0.25) is 0 Å². The SMILES string of the molecule is CC(=O)N[C@H]1[C@H]([C@H](O)[C@H](O)CO)O[C@](O)(C(=O)O[C@@H]([C@@H]2O[C@](OC(C)=O)(C(=O)O)C[C@H](O)[C@H]2N)[C@H](O)CO)C[C@@H]1O. The number of nitrogens with one attached hydrogen (secondary N) is 1. The van der Waals surface area contributed by atoms with Gasteiger partial charge in [-0.25, -0.2) is 9.59 Å². The number of carboxylic acids is 1. The summed E-state index contributed by atoms with van der Waals surface area (Å²) in [5, 5.41) is 93.4. The van der Waals surface area contributed by atoms with Gasteiger partial charge in [0.1, 0.15) is 30.5 Å². The number of carbonyl (C=O) groups is 4. The molecule has 0 aromatic carbocycles. The van der Waals surface area contributed by atoms with Crippen molar-refractivity contribution in [2.45, 2.75) is 99.2 Å². The molecule has 2 aliphatic rings. The molecule has 2 fully saturated rings. The Morgan fingerprint density at radius 3 is 2.05 bits per heavy atom. The van der Waals surface area contributed by atoms with Crippen LogP contribution in [0.5, 0.6) is 0 Å².